The Morgan fingerprint density at radius 3 is 2.84 bits per heavy atom. The second kappa shape index (κ2) is 5.77. The molecule has 19 heavy (non-hydrogen) atoms. The molecule has 1 aliphatic rings. The van der Waals surface area contributed by atoms with Crippen LogP contribution in [0.2, 0.25) is 0 Å². The highest BCUT2D eigenvalue weighted by molar-refractivity contribution is 5.42. The summed E-state index contributed by atoms with van der Waals surface area (Å²) >= 11 is 0. The lowest BCUT2D eigenvalue weighted by atomic mass is 10.2. The van der Waals surface area contributed by atoms with E-state index >= 15 is 0 Å². The first-order chi connectivity index (χ1) is 9.00. The largest absolute Gasteiger partial charge is 0.416 e. The van der Waals surface area contributed by atoms with Gasteiger partial charge in [0.1, 0.15) is 5.82 Å². The van der Waals surface area contributed by atoms with E-state index in [9.17, 15) is 13.2 Å². The van der Waals surface area contributed by atoms with Gasteiger partial charge in [0.15, 0.2) is 0 Å². The predicted octanol–water partition coefficient (Wildman–Crippen LogP) is 2.68. The molecule has 2 heterocycles. The molecule has 0 saturated carbocycles. The van der Waals surface area contributed by atoms with Gasteiger partial charge in [-0.3, -0.25) is 0 Å². The zero-order chi connectivity index (χ0) is 13.9. The molecule has 1 saturated heterocycles. The molecular formula is C13H18F3N3. The quantitative estimate of drug-likeness (QED) is 0.914. The number of nitrogens with one attached hydrogen (secondary N) is 1. The maximum absolute atomic E-state index is 12.7. The van der Waals surface area contributed by atoms with Gasteiger partial charge in [-0.2, -0.15) is 13.2 Å². The maximum atomic E-state index is 12.7. The van der Waals surface area contributed by atoms with Gasteiger partial charge in [-0.15, -0.1) is 0 Å². The van der Waals surface area contributed by atoms with Gasteiger partial charge in [0, 0.05) is 25.3 Å². The summed E-state index contributed by atoms with van der Waals surface area (Å²) in [4.78, 5) is 5.95. The fourth-order valence-corrected chi connectivity index (χ4v) is 2.33. The number of halogens is 3. The van der Waals surface area contributed by atoms with Crippen molar-refractivity contribution in [3.8, 4) is 0 Å². The number of hydrogen-bond acceptors (Lipinski definition) is 3. The molecule has 106 valence electrons. The first kappa shape index (κ1) is 14.1. The van der Waals surface area contributed by atoms with Crippen LogP contribution in [0.5, 0.6) is 0 Å². The summed E-state index contributed by atoms with van der Waals surface area (Å²) < 4.78 is 38.0. The van der Waals surface area contributed by atoms with Crippen LogP contribution in [0, 0.1) is 0 Å². The van der Waals surface area contributed by atoms with E-state index in [4.69, 9.17) is 0 Å². The van der Waals surface area contributed by atoms with Crippen LogP contribution in [0.15, 0.2) is 18.3 Å². The van der Waals surface area contributed by atoms with Crippen molar-refractivity contribution in [1.82, 2.24) is 10.3 Å². The van der Waals surface area contributed by atoms with Gasteiger partial charge in [-0.25, -0.2) is 4.98 Å². The lowest BCUT2D eigenvalue weighted by Gasteiger charge is -2.26. The van der Waals surface area contributed by atoms with Gasteiger partial charge in [-0.1, -0.05) is 0 Å². The smallest absolute Gasteiger partial charge is 0.355 e. The highest BCUT2D eigenvalue weighted by Gasteiger charge is 2.31. The van der Waals surface area contributed by atoms with E-state index < -0.39 is 11.7 Å². The Morgan fingerprint density at radius 2 is 2.26 bits per heavy atom. The molecule has 0 spiro atoms. The molecule has 0 bridgehead atoms. The summed E-state index contributed by atoms with van der Waals surface area (Å²) in [7, 11) is 0. The fraction of sp³-hybridized carbons (Fsp3) is 0.615. The molecule has 6 heteroatoms. The van der Waals surface area contributed by atoms with Gasteiger partial charge < -0.3 is 10.2 Å². The zero-order valence-electron chi connectivity index (χ0n) is 10.9. The minimum absolute atomic E-state index is 0.344. The van der Waals surface area contributed by atoms with Gasteiger partial charge in [0.2, 0.25) is 0 Å². The average Bonchev–Trinajstić information content (AvgIpc) is 2.88. The van der Waals surface area contributed by atoms with Crippen LogP contribution in [-0.2, 0) is 6.18 Å². The first-order valence-corrected chi connectivity index (χ1v) is 6.52. The molecule has 1 fully saturated rings. The predicted molar refractivity (Wildman–Crippen MR) is 68.2 cm³/mol. The van der Waals surface area contributed by atoms with Crippen LogP contribution in [0.3, 0.4) is 0 Å². The van der Waals surface area contributed by atoms with Crippen LogP contribution >= 0.6 is 0 Å². The molecule has 2 rings (SSSR count). The van der Waals surface area contributed by atoms with Crippen LogP contribution in [0.4, 0.5) is 19.0 Å². The number of pyridine rings is 1. The monoisotopic (exact) mass is 273 g/mol. The third kappa shape index (κ3) is 3.59. The molecule has 1 aromatic rings. The van der Waals surface area contributed by atoms with Gasteiger partial charge in [-0.05, 0) is 38.4 Å². The second-order valence-electron chi connectivity index (χ2n) is 4.73. The van der Waals surface area contributed by atoms with Crippen LogP contribution in [0.1, 0.15) is 25.3 Å². The molecule has 0 aromatic carbocycles. The van der Waals surface area contributed by atoms with Crippen molar-refractivity contribution in [2.75, 3.05) is 24.5 Å². The normalized spacial score (nSPS) is 19.7. The van der Waals surface area contributed by atoms with Crippen LogP contribution in [0.25, 0.3) is 0 Å². The summed E-state index contributed by atoms with van der Waals surface area (Å²) in [6.07, 6.45) is -0.903. The number of aromatic nitrogens is 1. The van der Waals surface area contributed by atoms with Gasteiger partial charge >= 0.3 is 6.18 Å². The number of hydrogen-bond donors (Lipinski definition) is 1. The second-order valence-corrected chi connectivity index (χ2v) is 4.73. The summed E-state index contributed by atoms with van der Waals surface area (Å²) in [6, 6.07) is 2.47. The molecule has 1 unspecified atom stereocenters. The summed E-state index contributed by atoms with van der Waals surface area (Å²) in [5.41, 5.74) is -0.643. The van der Waals surface area contributed by atoms with E-state index in [1.54, 1.807) is 0 Å². The van der Waals surface area contributed by atoms with Gasteiger partial charge in [0.05, 0.1) is 5.56 Å². The number of anilines is 1. The van der Waals surface area contributed by atoms with Crippen molar-refractivity contribution in [3.63, 3.8) is 0 Å². The minimum atomic E-state index is -4.32. The van der Waals surface area contributed by atoms with E-state index in [1.807, 2.05) is 11.8 Å². The number of rotatable bonds is 4. The van der Waals surface area contributed by atoms with Crippen LogP contribution < -0.4 is 10.2 Å². The molecule has 3 nitrogen and oxygen atoms in total. The van der Waals surface area contributed by atoms with E-state index in [0.29, 0.717) is 24.9 Å². The lowest BCUT2D eigenvalue weighted by molar-refractivity contribution is -0.137. The van der Waals surface area contributed by atoms with Crippen molar-refractivity contribution in [1.29, 1.82) is 0 Å². The zero-order valence-corrected chi connectivity index (χ0v) is 10.9. The molecule has 1 atom stereocenters. The van der Waals surface area contributed by atoms with Crippen molar-refractivity contribution in [3.05, 3.63) is 23.9 Å². The highest BCUT2D eigenvalue weighted by atomic mass is 19.4. The molecule has 0 aliphatic carbocycles. The Balaban J connectivity index is 2.13. The average molecular weight is 273 g/mol. The third-order valence-electron chi connectivity index (χ3n) is 3.38. The maximum Gasteiger partial charge on any atom is 0.416 e. The van der Waals surface area contributed by atoms with E-state index in [2.05, 4.69) is 10.3 Å². The van der Waals surface area contributed by atoms with Crippen molar-refractivity contribution in [2.24, 2.45) is 0 Å². The number of nitrogens with zero attached hydrogens (tertiary/aromatic N) is 2. The van der Waals surface area contributed by atoms with E-state index in [-0.39, 0.29) is 0 Å². The molecule has 1 N–H and O–H groups in total. The van der Waals surface area contributed by atoms with Crippen molar-refractivity contribution < 1.29 is 13.2 Å². The Hall–Kier alpha value is -1.30. The topological polar surface area (TPSA) is 28.2 Å². The summed E-state index contributed by atoms with van der Waals surface area (Å²) in [5, 5.41) is 3.34. The highest BCUT2D eigenvalue weighted by Crippen LogP contribution is 2.30. The summed E-state index contributed by atoms with van der Waals surface area (Å²) in [6.45, 7) is 4.26. The van der Waals surface area contributed by atoms with Crippen molar-refractivity contribution in [2.45, 2.75) is 32.0 Å². The lowest BCUT2D eigenvalue weighted by Crippen LogP contribution is -2.38. The molecule has 1 aromatic heterocycles. The Labute approximate surface area is 110 Å². The number of alkyl halides is 3. The molecular weight excluding hydrogens is 255 g/mol. The third-order valence-corrected chi connectivity index (χ3v) is 3.38. The Morgan fingerprint density at radius 1 is 1.47 bits per heavy atom. The van der Waals surface area contributed by atoms with Gasteiger partial charge in [0.25, 0.3) is 0 Å². The van der Waals surface area contributed by atoms with E-state index in [0.717, 1.165) is 31.5 Å². The van der Waals surface area contributed by atoms with Crippen molar-refractivity contribution >= 4 is 5.82 Å². The Kier molecular flexibility index (Phi) is 4.29. The fourth-order valence-electron chi connectivity index (χ4n) is 2.33. The Bertz CT molecular complexity index is 414. The SMILES string of the molecule is CCN(CC1CCCN1)c1cc(C(F)(F)F)ccn1. The molecule has 0 amide bonds. The minimum Gasteiger partial charge on any atom is -0.355 e. The first-order valence-electron chi connectivity index (χ1n) is 6.52. The molecule has 1 aliphatic heterocycles. The number of likely N-dealkylation sites (N-methyl/N-ethyl adjacent to an activating group) is 1. The summed E-state index contributed by atoms with van der Waals surface area (Å²) in [5.74, 6) is 0.394. The molecule has 0 radical (unpaired) electrons. The van der Waals surface area contributed by atoms with E-state index in [1.165, 1.54) is 6.20 Å². The van der Waals surface area contributed by atoms with Crippen LogP contribution in [-0.4, -0.2) is 30.7 Å². The standard InChI is InChI=1S/C13H18F3N3/c1-2-19(9-11-4-3-6-17-11)12-8-10(5-7-18-12)13(14,15)16/h5,7-8,11,17H,2-4,6,9H2,1H3.